The van der Waals surface area contributed by atoms with Crippen molar-refractivity contribution in [2.75, 3.05) is 14.2 Å². The summed E-state index contributed by atoms with van der Waals surface area (Å²) in [5, 5.41) is 3.81. The highest BCUT2D eigenvalue weighted by molar-refractivity contribution is 5.97. The Kier molecular flexibility index (Phi) is 4.66. The number of ether oxygens (including phenoxy) is 2. The average molecular weight is 357 g/mol. The molecule has 0 unspecified atom stereocenters. The number of carbonyl (C=O) groups is 1. The molecule has 3 rings (SSSR count). The number of aromatic nitrogens is 3. The van der Waals surface area contributed by atoms with Crippen molar-refractivity contribution >= 4 is 5.78 Å². The van der Waals surface area contributed by atoms with Gasteiger partial charge in [-0.3, -0.25) is 9.32 Å². The Labute approximate surface area is 149 Å². The molecule has 0 radical (unpaired) electrons. The van der Waals surface area contributed by atoms with Crippen molar-refractivity contribution in [3.8, 4) is 22.9 Å². The van der Waals surface area contributed by atoms with Crippen molar-refractivity contribution < 1.29 is 18.8 Å². The van der Waals surface area contributed by atoms with Gasteiger partial charge in [-0.05, 0) is 38.1 Å². The van der Waals surface area contributed by atoms with Gasteiger partial charge in [-0.15, -0.1) is 0 Å². The number of methoxy groups -OCH3 is 2. The predicted octanol–water partition coefficient (Wildman–Crippen LogP) is 2.35. The SMILES string of the molecule is COc1ccc(-c2noc(=O)n2CC(=O)c2cc(C)[nH]c2C)cc1OC. The third-order valence-corrected chi connectivity index (χ3v) is 4.08. The topological polar surface area (TPSA) is 99.4 Å². The van der Waals surface area contributed by atoms with E-state index in [-0.39, 0.29) is 18.2 Å². The summed E-state index contributed by atoms with van der Waals surface area (Å²) in [7, 11) is 3.04. The Bertz CT molecular complexity index is 1010. The molecule has 0 aliphatic rings. The van der Waals surface area contributed by atoms with Crippen LogP contribution in [0.1, 0.15) is 21.7 Å². The van der Waals surface area contributed by atoms with Gasteiger partial charge in [0, 0.05) is 22.5 Å². The van der Waals surface area contributed by atoms with Gasteiger partial charge in [0.2, 0.25) is 0 Å². The van der Waals surface area contributed by atoms with Crippen LogP contribution in [0.2, 0.25) is 0 Å². The molecule has 0 saturated heterocycles. The van der Waals surface area contributed by atoms with E-state index >= 15 is 0 Å². The number of aryl methyl sites for hydroxylation is 2. The van der Waals surface area contributed by atoms with E-state index in [9.17, 15) is 9.59 Å². The zero-order chi connectivity index (χ0) is 18.8. The lowest BCUT2D eigenvalue weighted by molar-refractivity contribution is 0.0969. The molecule has 136 valence electrons. The van der Waals surface area contributed by atoms with E-state index < -0.39 is 5.76 Å². The number of aromatic amines is 1. The van der Waals surface area contributed by atoms with E-state index in [1.807, 2.05) is 13.8 Å². The van der Waals surface area contributed by atoms with Gasteiger partial charge < -0.3 is 14.5 Å². The van der Waals surface area contributed by atoms with Gasteiger partial charge in [0.1, 0.15) is 0 Å². The Morgan fingerprint density at radius 3 is 2.54 bits per heavy atom. The largest absolute Gasteiger partial charge is 0.493 e. The number of Topliss-reactive ketones (excluding diaryl/α,β-unsaturated/α-hetero) is 1. The molecule has 1 aromatic carbocycles. The summed E-state index contributed by atoms with van der Waals surface area (Å²) in [6.07, 6.45) is 0. The van der Waals surface area contributed by atoms with E-state index in [1.54, 1.807) is 24.3 Å². The maximum absolute atomic E-state index is 12.6. The summed E-state index contributed by atoms with van der Waals surface area (Å²) in [6, 6.07) is 6.83. The molecule has 3 aromatic rings. The first-order valence-corrected chi connectivity index (χ1v) is 7.93. The Morgan fingerprint density at radius 1 is 1.19 bits per heavy atom. The molecule has 8 heteroatoms. The minimum Gasteiger partial charge on any atom is -0.493 e. The van der Waals surface area contributed by atoms with Crippen LogP contribution in [0.4, 0.5) is 0 Å². The van der Waals surface area contributed by atoms with E-state index in [2.05, 4.69) is 10.1 Å². The van der Waals surface area contributed by atoms with E-state index in [0.717, 1.165) is 11.4 Å². The molecule has 0 aliphatic heterocycles. The molecule has 0 amide bonds. The Hall–Kier alpha value is -3.29. The normalized spacial score (nSPS) is 10.8. The highest BCUT2D eigenvalue weighted by Crippen LogP contribution is 2.31. The lowest BCUT2D eigenvalue weighted by atomic mass is 10.1. The molecule has 8 nitrogen and oxygen atoms in total. The van der Waals surface area contributed by atoms with Crippen LogP contribution in [-0.2, 0) is 6.54 Å². The number of rotatable bonds is 6. The summed E-state index contributed by atoms with van der Waals surface area (Å²) in [4.78, 5) is 27.8. The smallest absolute Gasteiger partial charge is 0.442 e. The lowest BCUT2D eigenvalue weighted by Gasteiger charge is -2.09. The van der Waals surface area contributed by atoms with Crippen molar-refractivity contribution in [3.05, 3.63) is 51.8 Å². The van der Waals surface area contributed by atoms with E-state index in [4.69, 9.17) is 14.0 Å². The molecular formula is C18H19N3O5. The number of nitrogens with zero attached hydrogens (tertiary/aromatic N) is 2. The summed E-state index contributed by atoms with van der Waals surface area (Å²) in [6.45, 7) is 3.50. The molecule has 1 N–H and O–H groups in total. The average Bonchev–Trinajstić information content (AvgIpc) is 3.16. The molecule has 0 fully saturated rings. The summed E-state index contributed by atoms with van der Waals surface area (Å²) >= 11 is 0. The van der Waals surface area contributed by atoms with Crippen molar-refractivity contribution in [2.45, 2.75) is 20.4 Å². The third-order valence-electron chi connectivity index (χ3n) is 4.08. The lowest BCUT2D eigenvalue weighted by Crippen LogP contribution is -2.21. The summed E-state index contributed by atoms with van der Waals surface area (Å²) < 4.78 is 16.5. The number of ketones is 1. The second kappa shape index (κ2) is 6.91. The van der Waals surface area contributed by atoms with E-state index in [1.165, 1.54) is 18.8 Å². The van der Waals surface area contributed by atoms with Crippen LogP contribution >= 0.6 is 0 Å². The first-order chi connectivity index (χ1) is 12.4. The van der Waals surface area contributed by atoms with Crippen LogP contribution in [-0.4, -0.2) is 34.7 Å². The predicted molar refractivity (Wildman–Crippen MR) is 93.9 cm³/mol. The van der Waals surface area contributed by atoms with Gasteiger partial charge in [0.05, 0.1) is 20.8 Å². The quantitative estimate of drug-likeness (QED) is 0.680. The van der Waals surface area contributed by atoms with Crippen molar-refractivity contribution in [2.24, 2.45) is 0 Å². The highest BCUT2D eigenvalue weighted by Gasteiger charge is 2.20. The first kappa shape index (κ1) is 17.5. The fourth-order valence-electron chi connectivity index (χ4n) is 2.83. The number of nitrogens with one attached hydrogen (secondary N) is 1. The third kappa shape index (κ3) is 3.13. The molecule has 2 aromatic heterocycles. The molecule has 0 saturated carbocycles. The monoisotopic (exact) mass is 357 g/mol. The van der Waals surface area contributed by atoms with Crippen LogP contribution in [0.5, 0.6) is 11.5 Å². The van der Waals surface area contributed by atoms with Crippen LogP contribution < -0.4 is 15.2 Å². The summed E-state index contributed by atoms with van der Waals surface area (Å²) in [5.41, 5.74) is 2.74. The fourth-order valence-corrected chi connectivity index (χ4v) is 2.83. The number of benzene rings is 1. The van der Waals surface area contributed by atoms with Crippen molar-refractivity contribution in [1.29, 1.82) is 0 Å². The maximum atomic E-state index is 12.6. The molecule has 26 heavy (non-hydrogen) atoms. The first-order valence-electron chi connectivity index (χ1n) is 7.93. The fraction of sp³-hybridized carbons (Fsp3) is 0.278. The standard InChI is InChI=1S/C18H19N3O5/c1-10-7-13(11(2)19-10)14(22)9-21-17(20-26-18(21)23)12-5-6-15(24-3)16(8-12)25-4/h5-8,19H,9H2,1-4H3. The molecule has 0 spiro atoms. The highest BCUT2D eigenvalue weighted by atomic mass is 16.5. The minimum absolute atomic E-state index is 0.176. The zero-order valence-electron chi connectivity index (χ0n) is 15.0. The second-order valence-corrected chi connectivity index (χ2v) is 5.84. The van der Waals surface area contributed by atoms with Crippen LogP contribution in [0.15, 0.2) is 33.6 Å². The van der Waals surface area contributed by atoms with Crippen LogP contribution in [0.3, 0.4) is 0 Å². The minimum atomic E-state index is -0.701. The summed E-state index contributed by atoms with van der Waals surface area (Å²) in [5.74, 6) is 0.361. The molecular weight excluding hydrogens is 338 g/mol. The number of carbonyl (C=O) groups excluding carboxylic acids is 1. The van der Waals surface area contributed by atoms with Crippen LogP contribution in [0, 0.1) is 13.8 Å². The Balaban J connectivity index is 1.98. The Morgan fingerprint density at radius 2 is 1.92 bits per heavy atom. The number of hydrogen-bond donors (Lipinski definition) is 1. The van der Waals surface area contributed by atoms with Gasteiger partial charge >= 0.3 is 5.76 Å². The molecule has 0 atom stereocenters. The molecule has 0 aliphatic carbocycles. The maximum Gasteiger partial charge on any atom is 0.442 e. The number of H-pyrrole nitrogens is 1. The van der Waals surface area contributed by atoms with Gasteiger partial charge in [0.25, 0.3) is 0 Å². The van der Waals surface area contributed by atoms with Crippen LogP contribution in [0.25, 0.3) is 11.4 Å². The molecule has 2 heterocycles. The zero-order valence-corrected chi connectivity index (χ0v) is 15.0. The molecule has 0 bridgehead atoms. The van der Waals surface area contributed by atoms with Crippen molar-refractivity contribution in [1.82, 2.24) is 14.7 Å². The van der Waals surface area contributed by atoms with Gasteiger partial charge in [0.15, 0.2) is 23.1 Å². The number of hydrogen-bond acceptors (Lipinski definition) is 6. The van der Waals surface area contributed by atoms with E-state index in [0.29, 0.717) is 22.6 Å². The van der Waals surface area contributed by atoms with Crippen molar-refractivity contribution in [3.63, 3.8) is 0 Å². The van der Waals surface area contributed by atoms with Gasteiger partial charge in [-0.2, -0.15) is 0 Å². The van der Waals surface area contributed by atoms with Gasteiger partial charge in [-0.25, -0.2) is 9.36 Å². The second-order valence-electron chi connectivity index (χ2n) is 5.84. The van der Waals surface area contributed by atoms with Gasteiger partial charge in [-0.1, -0.05) is 5.16 Å².